The molecule has 0 radical (unpaired) electrons. The number of hydrogen-bond acceptors (Lipinski definition) is 3. The molecule has 2 aromatic rings. The molecule has 4 nitrogen and oxygen atoms in total. The first kappa shape index (κ1) is 13.6. The van der Waals surface area contributed by atoms with Gasteiger partial charge in [-0.3, -0.25) is 4.90 Å². The van der Waals surface area contributed by atoms with Crippen LogP contribution in [0.3, 0.4) is 0 Å². The normalized spacial score (nSPS) is 20.6. The molecular formula is C16H24N4. The van der Waals surface area contributed by atoms with Gasteiger partial charge in [-0.25, -0.2) is 4.98 Å². The molecule has 20 heavy (non-hydrogen) atoms. The van der Waals surface area contributed by atoms with E-state index in [2.05, 4.69) is 40.8 Å². The summed E-state index contributed by atoms with van der Waals surface area (Å²) in [5.41, 5.74) is 9.22. The number of likely N-dealkylation sites (tertiary alicyclic amines) is 1. The second-order valence-corrected chi connectivity index (χ2v) is 5.90. The topological polar surface area (TPSA) is 46.6 Å². The number of rotatable bonds is 4. The summed E-state index contributed by atoms with van der Waals surface area (Å²) >= 11 is 0. The second-order valence-electron chi connectivity index (χ2n) is 5.90. The van der Waals surface area contributed by atoms with Gasteiger partial charge in [-0.2, -0.15) is 0 Å². The zero-order valence-electron chi connectivity index (χ0n) is 12.3. The molecule has 0 aliphatic carbocycles. The molecule has 1 aliphatic heterocycles. The van der Waals surface area contributed by atoms with E-state index in [1.165, 1.54) is 37.1 Å². The zero-order valence-corrected chi connectivity index (χ0v) is 12.3. The van der Waals surface area contributed by atoms with Gasteiger partial charge >= 0.3 is 0 Å². The maximum absolute atomic E-state index is 5.75. The first-order chi connectivity index (χ1) is 9.76. The van der Waals surface area contributed by atoms with Crippen LogP contribution in [0.4, 0.5) is 0 Å². The van der Waals surface area contributed by atoms with Crippen LogP contribution >= 0.6 is 0 Å². The first-order valence-electron chi connectivity index (χ1n) is 7.64. The standard InChI is InChI=1S/C16H24N4/c1-13-5-6-16-18-14(12-20(16)10-13)11-19-9-3-2-4-15(19)7-8-17/h5-6,10,12,15H,2-4,7-9,11,17H2,1H3. The summed E-state index contributed by atoms with van der Waals surface area (Å²) in [5, 5.41) is 0. The number of aromatic nitrogens is 2. The molecule has 1 fully saturated rings. The summed E-state index contributed by atoms with van der Waals surface area (Å²) < 4.78 is 2.13. The minimum Gasteiger partial charge on any atom is -0.330 e. The Morgan fingerprint density at radius 1 is 1.30 bits per heavy atom. The Morgan fingerprint density at radius 3 is 3.05 bits per heavy atom. The van der Waals surface area contributed by atoms with Gasteiger partial charge in [0.1, 0.15) is 5.65 Å². The fraction of sp³-hybridized carbons (Fsp3) is 0.562. The third-order valence-corrected chi connectivity index (χ3v) is 4.26. The lowest BCUT2D eigenvalue weighted by atomic mass is 9.99. The van der Waals surface area contributed by atoms with Crippen molar-refractivity contribution in [3.05, 3.63) is 35.8 Å². The van der Waals surface area contributed by atoms with Crippen molar-refractivity contribution in [3.8, 4) is 0 Å². The number of hydrogen-bond donors (Lipinski definition) is 1. The van der Waals surface area contributed by atoms with Crippen molar-refractivity contribution in [1.82, 2.24) is 14.3 Å². The van der Waals surface area contributed by atoms with Crippen molar-refractivity contribution >= 4 is 5.65 Å². The van der Waals surface area contributed by atoms with E-state index >= 15 is 0 Å². The SMILES string of the molecule is Cc1ccc2nc(CN3CCCCC3CCN)cn2c1. The largest absolute Gasteiger partial charge is 0.330 e. The Morgan fingerprint density at radius 2 is 2.20 bits per heavy atom. The minimum absolute atomic E-state index is 0.639. The number of nitrogens with two attached hydrogens (primary N) is 1. The van der Waals surface area contributed by atoms with E-state index in [0.29, 0.717) is 6.04 Å². The number of nitrogens with zero attached hydrogens (tertiary/aromatic N) is 3. The van der Waals surface area contributed by atoms with Crippen LogP contribution in [0.1, 0.15) is 36.9 Å². The third kappa shape index (κ3) is 2.86. The van der Waals surface area contributed by atoms with Crippen LogP contribution < -0.4 is 5.73 Å². The van der Waals surface area contributed by atoms with Gasteiger partial charge in [0.25, 0.3) is 0 Å². The smallest absolute Gasteiger partial charge is 0.137 e. The molecular weight excluding hydrogens is 248 g/mol. The maximum atomic E-state index is 5.75. The lowest BCUT2D eigenvalue weighted by Crippen LogP contribution is -2.40. The number of piperidine rings is 1. The molecule has 3 rings (SSSR count). The van der Waals surface area contributed by atoms with Crippen LogP contribution in [-0.4, -0.2) is 33.4 Å². The predicted octanol–water partition coefficient (Wildman–Crippen LogP) is 2.35. The second kappa shape index (κ2) is 5.94. The van der Waals surface area contributed by atoms with Crippen LogP contribution in [0.25, 0.3) is 5.65 Å². The number of imidazole rings is 1. The molecule has 0 saturated carbocycles. The average molecular weight is 272 g/mol. The molecule has 0 amide bonds. The minimum atomic E-state index is 0.639. The highest BCUT2D eigenvalue weighted by molar-refractivity contribution is 5.41. The lowest BCUT2D eigenvalue weighted by Gasteiger charge is -2.35. The first-order valence-corrected chi connectivity index (χ1v) is 7.64. The van der Waals surface area contributed by atoms with Crippen LogP contribution in [0, 0.1) is 6.92 Å². The fourth-order valence-electron chi connectivity index (χ4n) is 3.23. The predicted molar refractivity (Wildman–Crippen MR) is 81.6 cm³/mol. The highest BCUT2D eigenvalue weighted by Gasteiger charge is 2.22. The van der Waals surface area contributed by atoms with Crippen molar-refractivity contribution in [2.45, 2.75) is 45.2 Å². The van der Waals surface area contributed by atoms with Crippen LogP contribution in [0.5, 0.6) is 0 Å². The van der Waals surface area contributed by atoms with E-state index in [1.807, 2.05) is 0 Å². The molecule has 1 atom stereocenters. The van der Waals surface area contributed by atoms with Crippen molar-refractivity contribution in [2.24, 2.45) is 5.73 Å². The molecule has 1 saturated heterocycles. The van der Waals surface area contributed by atoms with Crippen LogP contribution in [-0.2, 0) is 6.54 Å². The summed E-state index contributed by atoms with van der Waals surface area (Å²) in [6.45, 7) is 5.02. The molecule has 0 aromatic carbocycles. The van der Waals surface area contributed by atoms with Crippen molar-refractivity contribution in [2.75, 3.05) is 13.1 Å². The fourth-order valence-corrected chi connectivity index (χ4v) is 3.23. The van der Waals surface area contributed by atoms with Gasteiger partial charge in [0.05, 0.1) is 5.69 Å². The molecule has 3 heterocycles. The Hall–Kier alpha value is -1.39. The summed E-state index contributed by atoms with van der Waals surface area (Å²) in [4.78, 5) is 7.29. The van der Waals surface area contributed by atoms with Gasteiger partial charge in [0, 0.05) is 25.0 Å². The van der Waals surface area contributed by atoms with Gasteiger partial charge < -0.3 is 10.1 Å². The summed E-state index contributed by atoms with van der Waals surface area (Å²) in [6.07, 6.45) is 9.32. The Balaban J connectivity index is 1.77. The molecule has 1 aliphatic rings. The van der Waals surface area contributed by atoms with Crippen LogP contribution in [0.2, 0.25) is 0 Å². The average Bonchev–Trinajstić information content (AvgIpc) is 2.82. The molecule has 108 valence electrons. The van der Waals surface area contributed by atoms with E-state index < -0.39 is 0 Å². The maximum Gasteiger partial charge on any atom is 0.137 e. The number of fused-ring (bicyclic) bond motifs is 1. The van der Waals surface area contributed by atoms with Gasteiger partial charge in [-0.1, -0.05) is 12.5 Å². The summed E-state index contributed by atoms with van der Waals surface area (Å²) in [6, 6.07) is 4.84. The Labute approximate surface area is 120 Å². The van der Waals surface area contributed by atoms with Crippen molar-refractivity contribution in [3.63, 3.8) is 0 Å². The van der Waals surface area contributed by atoms with Crippen molar-refractivity contribution in [1.29, 1.82) is 0 Å². The van der Waals surface area contributed by atoms with Gasteiger partial charge in [0.2, 0.25) is 0 Å². The van der Waals surface area contributed by atoms with Gasteiger partial charge in [-0.15, -0.1) is 0 Å². The van der Waals surface area contributed by atoms with E-state index in [4.69, 9.17) is 10.7 Å². The molecule has 2 N–H and O–H groups in total. The van der Waals surface area contributed by atoms with E-state index in [1.54, 1.807) is 0 Å². The molecule has 0 spiro atoms. The zero-order chi connectivity index (χ0) is 13.9. The van der Waals surface area contributed by atoms with Crippen LogP contribution in [0.15, 0.2) is 24.5 Å². The monoisotopic (exact) mass is 272 g/mol. The van der Waals surface area contributed by atoms with Gasteiger partial charge in [-0.05, 0) is 50.9 Å². The highest BCUT2D eigenvalue weighted by atomic mass is 15.2. The molecule has 0 bridgehead atoms. The molecule has 1 unspecified atom stereocenters. The third-order valence-electron chi connectivity index (χ3n) is 4.26. The van der Waals surface area contributed by atoms with Gasteiger partial charge in [0.15, 0.2) is 0 Å². The van der Waals surface area contributed by atoms with Crippen molar-refractivity contribution < 1.29 is 0 Å². The Kier molecular flexibility index (Phi) is 4.03. The summed E-state index contributed by atoms with van der Waals surface area (Å²) in [7, 11) is 0. The van der Waals surface area contributed by atoms with E-state index in [0.717, 1.165) is 25.2 Å². The van der Waals surface area contributed by atoms with E-state index in [-0.39, 0.29) is 0 Å². The number of aryl methyl sites for hydroxylation is 1. The highest BCUT2D eigenvalue weighted by Crippen LogP contribution is 2.21. The number of pyridine rings is 1. The summed E-state index contributed by atoms with van der Waals surface area (Å²) in [5.74, 6) is 0. The Bertz CT molecular complexity index is 573. The molecule has 2 aromatic heterocycles. The molecule has 4 heteroatoms. The quantitative estimate of drug-likeness (QED) is 0.929. The van der Waals surface area contributed by atoms with E-state index in [9.17, 15) is 0 Å². The lowest BCUT2D eigenvalue weighted by molar-refractivity contribution is 0.132.